The second kappa shape index (κ2) is 7.92. The van der Waals surface area contributed by atoms with Gasteiger partial charge in [-0.15, -0.1) is 11.3 Å². The molecule has 0 aliphatic carbocycles. The number of amides is 3. The molecule has 0 aliphatic heterocycles. The molecule has 8 heteroatoms. The van der Waals surface area contributed by atoms with Gasteiger partial charge in [-0.2, -0.15) is 0 Å². The van der Waals surface area contributed by atoms with Gasteiger partial charge in [0.15, 0.2) is 0 Å². The first-order chi connectivity index (χ1) is 14.4. The van der Waals surface area contributed by atoms with Crippen LogP contribution in [0.25, 0.3) is 21.5 Å². The lowest BCUT2D eigenvalue weighted by Gasteiger charge is -2.13. The van der Waals surface area contributed by atoms with E-state index in [4.69, 9.17) is 5.73 Å². The van der Waals surface area contributed by atoms with Crippen LogP contribution >= 0.6 is 11.3 Å². The van der Waals surface area contributed by atoms with Gasteiger partial charge in [-0.25, -0.2) is 14.8 Å². The van der Waals surface area contributed by atoms with E-state index in [-0.39, 0.29) is 6.03 Å². The van der Waals surface area contributed by atoms with Crippen molar-refractivity contribution in [2.45, 2.75) is 13.8 Å². The van der Waals surface area contributed by atoms with Gasteiger partial charge in [0, 0.05) is 16.6 Å². The number of nitrogens with zero attached hydrogens (tertiary/aromatic N) is 2. The van der Waals surface area contributed by atoms with E-state index < -0.39 is 5.91 Å². The van der Waals surface area contributed by atoms with E-state index >= 15 is 0 Å². The van der Waals surface area contributed by atoms with Crippen molar-refractivity contribution in [1.82, 2.24) is 9.97 Å². The van der Waals surface area contributed by atoms with Gasteiger partial charge < -0.3 is 16.4 Å². The van der Waals surface area contributed by atoms with E-state index in [0.717, 1.165) is 11.1 Å². The Hall–Kier alpha value is -3.78. The number of rotatable bonds is 4. The van der Waals surface area contributed by atoms with Crippen LogP contribution in [0.5, 0.6) is 0 Å². The Bertz CT molecular complexity index is 1260. The minimum absolute atomic E-state index is 0.361. The molecule has 2 aromatic heterocycles. The summed E-state index contributed by atoms with van der Waals surface area (Å²) in [4.78, 5) is 33.8. The van der Waals surface area contributed by atoms with Gasteiger partial charge in [0.05, 0.1) is 22.3 Å². The maximum absolute atomic E-state index is 12.6. The normalized spacial score (nSPS) is 10.7. The summed E-state index contributed by atoms with van der Waals surface area (Å²) in [6.07, 6.45) is 1.44. The number of benzene rings is 2. The van der Waals surface area contributed by atoms with Gasteiger partial charge in [-0.1, -0.05) is 24.3 Å². The predicted octanol–water partition coefficient (Wildman–Crippen LogP) is 4.72. The van der Waals surface area contributed by atoms with Gasteiger partial charge in [0.25, 0.3) is 0 Å². The van der Waals surface area contributed by atoms with Crippen LogP contribution in [0.3, 0.4) is 0 Å². The molecule has 0 radical (unpaired) electrons. The van der Waals surface area contributed by atoms with Crippen molar-refractivity contribution in [3.8, 4) is 11.3 Å². The highest BCUT2D eigenvalue weighted by Gasteiger charge is 2.18. The molecule has 0 bridgehead atoms. The van der Waals surface area contributed by atoms with Gasteiger partial charge in [0.1, 0.15) is 11.2 Å². The van der Waals surface area contributed by atoms with Crippen molar-refractivity contribution in [3.05, 3.63) is 70.9 Å². The van der Waals surface area contributed by atoms with Crippen molar-refractivity contribution in [3.63, 3.8) is 0 Å². The molecule has 0 aliphatic rings. The fraction of sp³-hybridized carbons (Fsp3) is 0.0909. The second-order valence-corrected chi connectivity index (χ2v) is 7.78. The quantitative estimate of drug-likeness (QED) is 0.446. The third-order valence-corrected chi connectivity index (χ3v) is 5.43. The van der Waals surface area contributed by atoms with E-state index in [1.807, 2.05) is 50.2 Å². The monoisotopic (exact) mass is 417 g/mol. The Kier molecular flexibility index (Phi) is 5.16. The minimum atomic E-state index is -0.546. The molecule has 30 heavy (non-hydrogen) atoms. The van der Waals surface area contributed by atoms with Crippen molar-refractivity contribution >= 4 is 44.9 Å². The molecule has 3 amide bonds. The minimum Gasteiger partial charge on any atom is -0.366 e. The molecule has 0 saturated carbocycles. The molecule has 0 fully saturated rings. The molecule has 0 saturated heterocycles. The Morgan fingerprint density at radius 3 is 2.47 bits per heavy atom. The summed E-state index contributed by atoms with van der Waals surface area (Å²) in [6.45, 7) is 3.95. The molecule has 2 heterocycles. The van der Waals surface area contributed by atoms with Crippen molar-refractivity contribution in [2.75, 3.05) is 10.6 Å². The number of carbonyl (C=O) groups is 2. The largest absolute Gasteiger partial charge is 0.366 e. The summed E-state index contributed by atoms with van der Waals surface area (Å²) < 4.78 is 0. The summed E-state index contributed by atoms with van der Waals surface area (Å²) in [7, 11) is 0. The molecule has 0 spiro atoms. The number of thiophene rings is 1. The topological polar surface area (TPSA) is 110 Å². The Morgan fingerprint density at radius 1 is 1.00 bits per heavy atom. The average molecular weight is 417 g/mol. The maximum Gasteiger partial charge on any atom is 0.323 e. The zero-order valence-corrected chi connectivity index (χ0v) is 17.2. The molecule has 150 valence electrons. The molecule has 2 aromatic carbocycles. The predicted molar refractivity (Wildman–Crippen MR) is 120 cm³/mol. The standard InChI is InChI=1S/C22H19N5O2S/c1-12-7-13(2)9-14(8-12)26-22(29)27-17-6-4-3-5-15(17)19-18-16(20(23)28)10-30-21(18)25-11-24-19/h3-11H,1-2H3,(H2,23,28)(H2,26,27,29). The van der Waals surface area contributed by atoms with Gasteiger partial charge in [-0.05, 0) is 43.2 Å². The molecular formula is C22H19N5O2S. The van der Waals surface area contributed by atoms with Crippen LogP contribution in [0, 0.1) is 13.8 Å². The first kappa shape index (κ1) is 19.5. The highest BCUT2D eigenvalue weighted by molar-refractivity contribution is 7.17. The Labute approximate surface area is 177 Å². The third kappa shape index (κ3) is 3.85. The van der Waals surface area contributed by atoms with E-state index in [2.05, 4.69) is 20.6 Å². The third-order valence-electron chi connectivity index (χ3n) is 4.55. The lowest BCUT2D eigenvalue weighted by molar-refractivity contribution is 0.100. The van der Waals surface area contributed by atoms with E-state index in [0.29, 0.717) is 38.4 Å². The lowest BCUT2D eigenvalue weighted by Crippen LogP contribution is -2.20. The molecule has 4 aromatic rings. The van der Waals surface area contributed by atoms with Crippen LogP contribution in [-0.4, -0.2) is 21.9 Å². The summed E-state index contributed by atoms with van der Waals surface area (Å²) in [5.74, 6) is -0.546. The van der Waals surface area contributed by atoms with Gasteiger partial charge >= 0.3 is 6.03 Å². The zero-order valence-electron chi connectivity index (χ0n) is 16.4. The molecule has 4 rings (SSSR count). The summed E-state index contributed by atoms with van der Waals surface area (Å²) in [5, 5.41) is 7.99. The molecule has 7 nitrogen and oxygen atoms in total. The number of nitrogens with one attached hydrogen (secondary N) is 2. The highest BCUT2D eigenvalue weighted by atomic mass is 32.1. The van der Waals surface area contributed by atoms with E-state index in [9.17, 15) is 9.59 Å². The number of carbonyl (C=O) groups excluding carboxylic acids is 2. The zero-order chi connectivity index (χ0) is 21.3. The first-order valence-electron chi connectivity index (χ1n) is 9.20. The summed E-state index contributed by atoms with van der Waals surface area (Å²) in [5.41, 5.74) is 10.5. The van der Waals surface area contributed by atoms with Crippen molar-refractivity contribution in [2.24, 2.45) is 5.73 Å². The average Bonchev–Trinajstić information content (AvgIpc) is 3.12. The number of anilines is 2. The van der Waals surface area contributed by atoms with E-state index in [1.165, 1.54) is 17.7 Å². The fourth-order valence-corrected chi connectivity index (χ4v) is 4.29. The fourth-order valence-electron chi connectivity index (χ4n) is 3.39. The Morgan fingerprint density at radius 2 is 1.73 bits per heavy atom. The second-order valence-electron chi connectivity index (χ2n) is 6.92. The number of fused-ring (bicyclic) bond motifs is 1. The number of urea groups is 1. The van der Waals surface area contributed by atoms with Gasteiger partial charge in [0.2, 0.25) is 5.91 Å². The smallest absolute Gasteiger partial charge is 0.323 e. The molecule has 0 unspecified atom stereocenters. The van der Waals surface area contributed by atoms with Crippen molar-refractivity contribution in [1.29, 1.82) is 0 Å². The van der Waals surface area contributed by atoms with Gasteiger partial charge in [-0.3, -0.25) is 4.79 Å². The number of nitrogens with two attached hydrogens (primary N) is 1. The highest BCUT2D eigenvalue weighted by Crippen LogP contribution is 2.35. The maximum atomic E-state index is 12.6. The van der Waals surface area contributed by atoms with E-state index in [1.54, 1.807) is 11.4 Å². The number of primary amides is 1. The number of hydrogen-bond donors (Lipinski definition) is 3. The van der Waals surface area contributed by atoms with Crippen LogP contribution in [0.2, 0.25) is 0 Å². The number of hydrogen-bond acceptors (Lipinski definition) is 5. The lowest BCUT2D eigenvalue weighted by atomic mass is 10.0. The van der Waals surface area contributed by atoms with Crippen LogP contribution in [-0.2, 0) is 0 Å². The number of para-hydroxylation sites is 1. The van der Waals surface area contributed by atoms with Crippen LogP contribution in [0.1, 0.15) is 21.5 Å². The van der Waals surface area contributed by atoms with Crippen molar-refractivity contribution < 1.29 is 9.59 Å². The SMILES string of the molecule is Cc1cc(C)cc(NC(=O)Nc2ccccc2-c2ncnc3scc(C(N)=O)c23)c1. The van der Waals surface area contributed by atoms with Crippen LogP contribution in [0.4, 0.5) is 16.2 Å². The van der Waals surface area contributed by atoms with Crippen LogP contribution in [0.15, 0.2) is 54.2 Å². The summed E-state index contributed by atoms with van der Waals surface area (Å²) in [6, 6.07) is 12.7. The molecule has 4 N–H and O–H groups in total. The Balaban J connectivity index is 1.70. The number of aromatic nitrogens is 2. The first-order valence-corrected chi connectivity index (χ1v) is 10.1. The molecule has 0 atom stereocenters. The summed E-state index contributed by atoms with van der Waals surface area (Å²) >= 11 is 1.32. The number of aryl methyl sites for hydroxylation is 2. The molecular weight excluding hydrogens is 398 g/mol. The van der Waals surface area contributed by atoms with Crippen LogP contribution < -0.4 is 16.4 Å².